The van der Waals surface area contributed by atoms with Crippen LogP contribution in [0.1, 0.15) is 27.2 Å². The first-order valence-electron chi connectivity index (χ1n) is 4.40. The third-order valence-corrected chi connectivity index (χ3v) is 1.48. The molecule has 0 saturated carbocycles. The van der Waals surface area contributed by atoms with Crippen LogP contribution >= 0.6 is 0 Å². The summed E-state index contributed by atoms with van der Waals surface area (Å²) in [6.45, 7) is 4.49. The molecule has 0 atom stereocenters. The number of carbonyl (C=O) groups is 2. The molecule has 0 aliphatic heterocycles. The zero-order valence-corrected chi connectivity index (χ0v) is 8.47. The van der Waals surface area contributed by atoms with Gasteiger partial charge in [-0.1, -0.05) is 13.8 Å². The topological polar surface area (TPSA) is 43.4 Å². The summed E-state index contributed by atoms with van der Waals surface area (Å²) in [5.41, 5.74) is 0. The monoisotopic (exact) mass is 208 g/mol. The predicted molar refractivity (Wildman–Crippen MR) is 46.0 cm³/mol. The molecule has 0 unspecified atom stereocenters. The summed E-state index contributed by atoms with van der Waals surface area (Å²) in [4.78, 5) is 21.6. The summed E-state index contributed by atoms with van der Waals surface area (Å²) in [6.07, 6.45) is -0.328. The Balaban J connectivity index is 4.44. The molecular formula is C9H14F2O3. The molecule has 0 amide bonds. The number of esters is 1. The molecule has 0 bridgehead atoms. The number of hydrogen-bond acceptors (Lipinski definition) is 3. The Morgan fingerprint density at radius 2 is 1.86 bits per heavy atom. The summed E-state index contributed by atoms with van der Waals surface area (Å²) < 4.78 is 30.0. The van der Waals surface area contributed by atoms with Crippen molar-refractivity contribution in [3.63, 3.8) is 0 Å². The van der Waals surface area contributed by atoms with Crippen LogP contribution in [0.4, 0.5) is 8.78 Å². The maximum Gasteiger partial charge on any atom is 0.399 e. The highest BCUT2D eigenvalue weighted by Crippen LogP contribution is 2.21. The van der Waals surface area contributed by atoms with Gasteiger partial charge in [0.1, 0.15) is 0 Å². The lowest BCUT2D eigenvalue weighted by atomic mass is 10.0. The van der Waals surface area contributed by atoms with Gasteiger partial charge in [0.2, 0.25) is 5.78 Å². The minimum absolute atomic E-state index is 0.163. The maximum absolute atomic E-state index is 12.9. The lowest BCUT2D eigenvalue weighted by molar-refractivity contribution is -0.176. The molecule has 0 aliphatic rings. The van der Waals surface area contributed by atoms with Crippen molar-refractivity contribution in [1.82, 2.24) is 0 Å². The fourth-order valence-electron chi connectivity index (χ4n) is 0.835. The highest BCUT2D eigenvalue weighted by Gasteiger charge is 2.48. The van der Waals surface area contributed by atoms with E-state index in [9.17, 15) is 18.4 Å². The Morgan fingerprint density at radius 1 is 1.36 bits per heavy atom. The molecule has 0 rings (SSSR count). The SMILES string of the molecule is CCOC(=O)C(F)(F)C(=O)CC(C)C. The molecular weight excluding hydrogens is 194 g/mol. The fraction of sp³-hybridized carbons (Fsp3) is 0.778. The molecule has 14 heavy (non-hydrogen) atoms. The van der Waals surface area contributed by atoms with Gasteiger partial charge < -0.3 is 4.74 Å². The highest BCUT2D eigenvalue weighted by atomic mass is 19.3. The third kappa shape index (κ3) is 3.40. The molecule has 0 fully saturated rings. The number of hydrogen-bond donors (Lipinski definition) is 0. The number of ketones is 1. The van der Waals surface area contributed by atoms with E-state index in [0.717, 1.165) is 0 Å². The smallest absolute Gasteiger partial charge is 0.399 e. The number of halogens is 2. The zero-order valence-electron chi connectivity index (χ0n) is 8.47. The van der Waals surface area contributed by atoms with Crippen LogP contribution in [-0.4, -0.2) is 24.3 Å². The van der Waals surface area contributed by atoms with Crippen LogP contribution in [0.2, 0.25) is 0 Å². The van der Waals surface area contributed by atoms with Gasteiger partial charge >= 0.3 is 11.9 Å². The molecule has 0 radical (unpaired) electrons. The van der Waals surface area contributed by atoms with Crippen LogP contribution < -0.4 is 0 Å². The average Bonchev–Trinajstić information content (AvgIpc) is 2.03. The maximum atomic E-state index is 12.9. The zero-order chi connectivity index (χ0) is 11.4. The molecule has 0 aliphatic carbocycles. The minimum atomic E-state index is -4.00. The van der Waals surface area contributed by atoms with Crippen LogP contribution in [-0.2, 0) is 14.3 Å². The normalized spacial score (nSPS) is 11.6. The molecule has 3 nitrogen and oxygen atoms in total. The molecule has 0 aromatic rings. The number of Topliss-reactive ketones (excluding diaryl/α,β-unsaturated/α-hetero) is 1. The van der Waals surface area contributed by atoms with E-state index in [2.05, 4.69) is 4.74 Å². The van der Waals surface area contributed by atoms with Gasteiger partial charge in [-0.05, 0) is 12.8 Å². The molecule has 0 saturated heterocycles. The second-order valence-corrected chi connectivity index (χ2v) is 3.32. The Morgan fingerprint density at radius 3 is 2.21 bits per heavy atom. The number of ether oxygens (including phenoxy) is 1. The van der Waals surface area contributed by atoms with Crippen LogP contribution in [0.25, 0.3) is 0 Å². The van der Waals surface area contributed by atoms with Gasteiger partial charge in [0.05, 0.1) is 6.61 Å². The van der Waals surface area contributed by atoms with Crippen molar-refractivity contribution in [2.45, 2.75) is 33.1 Å². The van der Waals surface area contributed by atoms with Crippen LogP contribution in [0.3, 0.4) is 0 Å². The lowest BCUT2D eigenvalue weighted by Crippen LogP contribution is -2.39. The first-order valence-corrected chi connectivity index (χ1v) is 4.40. The molecule has 0 heterocycles. The summed E-state index contributed by atoms with van der Waals surface area (Å²) in [7, 11) is 0. The first kappa shape index (κ1) is 13.0. The Kier molecular flexibility index (Phi) is 4.67. The Hall–Kier alpha value is -1.00. The average molecular weight is 208 g/mol. The van der Waals surface area contributed by atoms with Crippen molar-refractivity contribution in [1.29, 1.82) is 0 Å². The largest absolute Gasteiger partial charge is 0.461 e. The Bertz CT molecular complexity index is 224. The van der Waals surface area contributed by atoms with Gasteiger partial charge in [-0.25, -0.2) is 4.79 Å². The molecule has 0 N–H and O–H groups in total. The van der Waals surface area contributed by atoms with Crippen molar-refractivity contribution < 1.29 is 23.1 Å². The van der Waals surface area contributed by atoms with Crippen LogP contribution in [0.5, 0.6) is 0 Å². The summed E-state index contributed by atoms with van der Waals surface area (Å²) in [6, 6.07) is 0. The number of carbonyl (C=O) groups excluding carboxylic acids is 2. The first-order chi connectivity index (χ1) is 6.32. The second kappa shape index (κ2) is 5.02. The van der Waals surface area contributed by atoms with E-state index in [1.54, 1.807) is 13.8 Å². The standard InChI is InChI=1S/C9H14F2O3/c1-4-14-8(13)9(10,11)7(12)5-6(2)3/h6H,4-5H2,1-3H3. The van der Waals surface area contributed by atoms with Gasteiger partial charge in [0.25, 0.3) is 0 Å². The van der Waals surface area contributed by atoms with Crippen molar-refractivity contribution in [2.24, 2.45) is 5.92 Å². The minimum Gasteiger partial charge on any atom is -0.461 e. The molecule has 5 heteroatoms. The second-order valence-electron chi connectivity index (χ2n) is 3.32. The molecule has 0 aromatic heterocycles. The van der Waals surface area contributed by atoms with Crippen molar-refractivity contribution >= 4 is 11.8 Å². The quantitative estimate of drug-likeness (QED) is 0.511. The van der Waals surface area contributed by atoms with Gasteiger partial charge in [-0.3, -0.25) is 4.79 Å². The van der Waals surface area contributed by atoms with E-state index in [1.165, 1.54) is 6.92 Å². The van der Waals surface area contributed by atoms with E-state index < -0.39 is 17.7 Å². The number of rotatable bonds is 5. The van der Waals surface area contributed by atoms with Gasteiger partial charge in [0.15, 0.2) is 0 Å². The van der Waals surface area contributed by atoms with E-state index in [1.807, 2.05) is 0 Å². The van der Waals surface area contributed by atoms with Gasteiger partial charge in [-0.2, -0.15) is 8.78 Å². The van der Waals surface area contributed by atoms with Crippen molar-refractivity contribution in [3.8, 4) is 0 Å². The Labute approximate surface area is 81.4 Å². The lowest BCUT2D eigenvalue weighted by Gasteiger charge is -2.14. The van der Waals surface area contributed by atoms with E-state index in [4.69, 9.17) is 0 Å². The van der Waals surface area contributed by atoms with E-state index in [0.29, 0.717) is 0 Å². The van der Waals surface area contributed by atoms with E-state index >= 15 is 0 Å². The van der Waals surface area contributed by atoms with Gasteiger partial charge in [0, 0.05) is 6.42 Å². The fourth-order valence-corrected chi connectivity index (χ4v) is 0.835. The highest BCUT2D eigenvalue weighted by molar-refractivity contribution is 6.05. The summed E-state index contributed by atoms with van der Waals surface area (Å²) >= 11 is 0. The molecule has 0 spiro atoms. The van der Waals surface area contributed by atoms with Crippen LogP contribution in [0, 0.1) is 5.92 Å². The molecule has 0 aromatic carbocycles. The van der Waals surface area contributed by atoms with Crippen molar-refractivity contribution in [3.05, 3.63) is 0 Å². The van der Waals surface area contributed by atoms with E-state index in [-0.39, 0.29) is 18.9 Å². The molecule has 82 valence electrons. The third-order valence-electron chi connectivity index (χ3n) is 1.48. The summed E-state index contributed by atoms with van der Waals surface area (Å²) in [5, 5.41) is 0. The van der Waals surface area contributed by atoms with Gasteiger partial charge in [-0.15, -0.1) is 0 Å². The summed E-state index contributed by atoms with van der Waals surface area (Å²) in [5.74, 6) is -7.35. The van der Waals surface area contributed by atoms with Crippen LogP contribution in [0.15, 0.2) is 0 Å². The predicted octanol–water partition coefficient (Wildman–Crippen LogP) is 1.80. The number of alkyl halides is 2. The van der Waals surface area contributed by atoms with Crippen molar-refractivity contribution in [2.75, 3.05) is 6.61 Å².